The van der Waals surface area contributed by atoms with E-state index >= 15 is 0 Å². The monoisotopic (exact) mass is 232 g/mol. The van der Waals surface area contributed by atoms with Gasteiger partial charge in [-0.25, -0.2) is 9.78 Å². The third-order valence-corrected chi connectivity index (χ3v) is 3.91. The van der Waals surface area contributed by atoms with E-state index in [0.29, 0.717) is 12.1 Å². The zero-order chi connectivity index (χ0) is 11.8. The first kappa shape index (κ1) is 10.6. The van der Waals surface area contributed by atoms with Crippen LogP contribution in [-0.2, 0) is 0 Å². The van der Waals surface area contributed by atoms with Crippen molar-refractivity contribution in [2.24, 2.45) is 0 Å². The number of carboxylic acid groups (broad SMARTS) is 1. The zero-order valence-corrected chi connectivity index (χ0v) is 9.67. The topological polar surface area (TPSA) is 53.4 Å². The molecule has 0 radical (unpaired) electrons. The number of aromatic nitrogens is 1. The average Bonchev–Trinajstić information content (AvgIpc) is 2.59. The summed E-state index contributed by atoms with van der Waals surface area (Å²) in [6.07, 6.45) is 6.18. The fourth-order valence-corrected chi connectivity index (χ4v) is 3.18. The average molecular weight is 232 g/mol. The molecule has 0 aromatic carbocycles. The van der Waals surface area contributed by atoms with E-state index in [0.717, 1.165) is 5.82 Å². The molecule has 0 amide bonds. The fraction of sp³-hybridized carbons (Fsp3) is 0.538. The molecule has 2 atom stereocenters. The summed E-state index contributed by atoms with van der Waals surface area (Å²) < 4.78 is 0. The summed E-state index contributed by atoms with van der Waals surface area (Å²) in [5, 5.41) is 8.97. The van der Waals surface area contributed by atoms with E-state index in [1.165, 1.54) is 32.1 Å². The molecule has 1 aromatic rings. The molecule has 0 spiro atoms. The van der Waals surface area contributed by atoms with E-state index in [4.69, 9.17) is 5.11 Å². The Morgan fingerprint density at radius 2 is 1.94 bits per heavy atom. The molecule has 1 aromatic heterocycles. The minimum Gasteiger partial charge on any atom is -0.477 e. The van der Waals surface area contributed by atoms with E-state index in [1.807, 2.05) is 6.07 Å². The van der Waals surface area contributed by atoms with Crippen molar-refractivity contribution in [2.75, 3.05) is 4.90 Å². The van der Waals surface area contributed by atoms with Gasteiger partial charge >= 0.3 is 5.97 Å². The van der Waals surface area contributed by atoms with Gasteiger partial charge < -0.3 is 10.0 Å². The van der Waals surface area contributed by atoms with Crippen LogP contribution in [0.15, 0.2) is 18.2 Å². The van der Waals surface area contributed by atoms with Crippen LogP contribution >= 0.6 is 0 Å². The van der Waals surface area contributed by atoms with Gasteiger partial charge in [-0.2, -0.15) is 0 Å². The fourth-order valence-electron chi connectivity index (χ4n) is 3.18. The highest BCUT2D eigenvalue weighted by atomic mass is 16.4. The van der Waals surface area contributed by atoms with Crippen LogP contribution in [-0.4, -0.2) is 28.1 Å². The number of aromatic carboxylic acids is 1. The smallest absolute Gasteiger partial charge is 0.354 e. The van der Waals surface area contributed by atoms with Crippen LogP contribution in [0.3, 0.4) is 0 Å². The second-order valence-electron chi connectivity index (χ2n) is 4.91. The van der Waals surface area contributed by atoms with Crippen LogP contribution in [0.25, 0.3) is 0 Å². The Morgan fingerprint density at radius 3 is 2.59 bits per heavy atom. The highest BCUT2D eigenvalue weighted by Crippen LogP contribution is 2.38. The maximum atomic E-state index is 10.9. The molecule has 2 saturated heterocycles. The van der Waals surface area contributed by atoms with Crippen LogP contribution in [0.4, 0.5) is 5.82 Å². The molecule has 4 nitrogen and oxygen atoms in total. The van der Waals surface area contributed by atoms with E-state index < -0.39 is 5.97 Å². The summed E-state index contributed by atoms with van der Waals surface area (Å²) in [5.74, 6) is -0.103. The molecule has 4 heteroatoms. The minimum absolute atomic E-state index is 0.146. The maximum absolute atomic E-state index is 10.9. The van der Waals surface area contributed by atoms with E-state index in [9.17, 15) is 4.79 Å². The minimum atomic E-state index is -0.948. The predicted molar refractivity (Wildman–Crippen MR) is 64.3 cm³/mol. The Labute approximate surface area is 100 Å². The second kappa shape index (κ2) is 4.02. The third-order valence-electron chi connectivity index (χ3n) is 3.91. The molecule has 3 heterocycles. The van der Waals surface area contributed by atoms with E-state index in [-0.39, 0.29) is 5.69 Å². The van der Waals surface area contributed by atoms with Crippen molar-refractivity contribution in [2.45, 2.75) is 44.2 Å². The third kappa shape index (κ3) is 1.77. The standard InChI is InChI=1S/C13H16N2O2/c16-13(17)11-5-2-6-12(14-11)15-9-3-1-4-10(15)8-7-9/h2,5-6,9-10H,1,3-4,7-8H2,(H,16,17). The number of fused-ring (bicyclic) bond motifs is 2. The molecule has 2 fully saturated rings. The SMILES string of the molecule is O=C(O)c1cccc(N2C3CCCC2CC3)n1. The molecule has 2 unspecified atom stereocenters. The van der Waals surface area contributed by atoms with Crippen molar-refractivity contribution in [1.82, 2.24) is 4.98 Å². The van der Waals surface area contributed by atoms with Gasteiger partial charge in [0.25, 0.3) is 0 Å². The molecule has 1 N–H and O–H groups in total. The Morgan fingerprint density at radius 1 is 1.24 bits per heavy atom. The number of carboxylic acids is 1. The van der Waals surface area contributed by atoms with Gasteiger partial charge in [0.2, 0.25) is 0 Å². The maximum Gasteiger partial charge on any atom is 0.354 e. The molecule has 2 aliphatic heterocycles. The predicted octanol–water partition coefficient (Wildman–Crippen LogP) is 2.30. The lowest BCUT2D eigenvalue weighted by atomic mass is 10.0. The van der Waals surface area contributed by atoms with Gasteiger partial charge in [0.1, 0.15) is 5.82 Å². The lowest BCUT2D eigenvalue weighted by Gasteiger charge is -2.35. The summed E-state index contributed by atoms with van der Waals surface area (Å²) in [7, 11) is 0. The highest BCUT2D eigenvalue weighted by molar-refractivity contribution is 5.85. The summed E-state index contributed by atoms with van der Waals surface area (Å²) in [6, 6.07) is 6.43. The number of piperidine rings is 1. The summed E-state index contributed by atoms with van der Waals surface area (Å²) in [4.78, 5) is 17.5. The van der Waals surface area contributed by atoms with Gasteiger partial charge in [0.15, 0.2) is 5.69 Å². The Kier molecular flexibility index (Phi) is 2.50. The van der Waals surface area contributed by atoms with Gasteiger partial charge in [-0.05, 0) is 44.2 Å². The lowest BCUT2D eigenvalue weighted by molar-refractivity contribution is 0.0690. The molecular formula is C13H16N2O2. The molecular weight excluding hydrogens is 216 g/mol. The number of hydrogen-bond acceptors (Lipinski definition) is 3. The van der Waals surface area contributed by atoms with Crippen LogP contribution in [0.1, 0.15) is 42.6 Å². The lowest BCUT2D eigenvalue weighted by Crippen LogP contribution is -2.40. The zero-order valence-electron chi connectivity index (χ0n) is 9.67. The Bertz CT molecular complexity index is 431. The molecule has 3 rings (SSSR count). The van der Waals surface area contributed by atoms with E-state index in [2.05, 4.69) is 9.88 Å². The molecule has 90 valence electrons. The van der Waals surface area contributed by atoms with Crippen molar-refractivity contribution >= 4 is 11.8 Å². The number of anilines is 1. The number of carbonyl (C=O) groups is 1. The summed E-state index contributed by atoms with van der Waals surface area (Å²) >= 11 is 0. The molecule has 17 heavy (non-hydrogen) atoms. The first-order valence-corrected chi connectivity index (χ1v) is 6.24. The van der Waals surface area contributed by atoms with E-state index in [1.54, 1.807) is 12.1 Å². The van der Waals surface area contributed by atoms with Crippen molar-refractivity contribution in [3.05, 3.63) is 23.9 Å². The van der Waals surface area contributed by atoms with Gasteiger partial charge in [-0.15, -0.1) is 0 Å². The Hall–Kier alpha value is -1.58. The first-order chi connectivity index (χ1) is 8.25. The molecule has 2 aliphatic rings. The largest absolute Gasteiger partial charge is 0.477 e. The van der Waals surface area contributed by atoms with Crippen molar-refractivity contribution in [3.8, 4) is 0 Å². The quantitative estimate of drug-likeness (QED) is 0.850. The summed E-state index contributed by atoms with van der Waals surface area (Å²) in [6.45, 7) is 0. The number of rotatable bonds is 2. The van der Waals surface area contributed by atoms with Crippen LogP contribution in [0, 0.1) is 0 Å². The number of pyridine rings is 1. The Balaban J connectivity index is 1.93. The van der Waals surface area contributed by atoms with Gasteiger partial charge in [-0.3, -0.25) is 0 Å². The number of hydrogen-bond donors (Lipinski definition) is 1. The van der Waals surface area contributed by atoms with Crippen molar-refractivity contribution in [3.63, 3.8) is 0 Å². The van der Waals surface area contributed by atoms with Crippen LogP contribution in [0.5, 0.6) is 0 Å². The molecule has 2 bridgehead atoms. The van der Waals surface area contributed by atoms with Crippen LogP contribution < -0.4 is 4.90 Å². The number of nitrogens with zero attached hydrogens (tertiary/aromatic N) is 2. The van der Waals surface area contributed by atoms with Crippen molar-refractivity contribution < 1.29 is 9.90 Å². The normalized spacial score (nSPS) is 27.2. The highest BCUT2D eigenvalue weighted by Gasteiger charge is 2.37. The summed E-state index contributed by atoms with van der Waals surface area (Å²) in [5.41, 5.74) is 0.146. The molecule has 0 aliphatic carbocycles. The van der Waals surface area contributed by atoms with Gasteiger partial charge in [-0.1, -0.05) is 6.07 Å². The van der Waals surface area contributed by atoms with Crippen molar-refractivity contribution in [1.29, 1.82) is 0 Å². The van der Waals surface area contributed by atoms with Gasteiger partial charge in [0.05, 0.1) is 0 Å². The second-order valence-corrected chi connectivity index (χ2v) is 4.91. The van der Waals surface area contributed by atoms with Crippen LogP contribution in [0.2, 0.25) is 0 Å². The first-order valence-electron chi connectivity index (χ1n) is 6.24. The van der Waals surface area contributed by atoms with Gasteiger partial charge in [0, 0.05) is 12.1 Å². The molecule has 0 saturated carbocycles.